The molecule has 0 radical (unpaired) electrons. The van der Waals surface area contributed by atoms with Crippen LogP contribution >= 0.6 is 0 Å². The van der Waals surface area contributed by atoms with E-state index in [1.807, 2.05) is 11.6 Å². The quantitative estimate of drug-likeness (QED) is 0.709. The molecule has 2 aromatic rings. The second-order valence-corrected chi connectivity index (χ2v) is 4.77. The zero-order valence-corrected chi connectivity index (χ0v) is 11.8. The number of hydrogen-bond acceptors (Lipinski definition) is 2. The molecule has 0 saturated carbocycles. The van der Waals surface area contributed by atoms with Gasteiger partial charge in [-0.05, 0) is 63.4 Å². The largest absolute Gasteiger partial charge is 0.313 e. The Morgan fingerprint density at radius 2 is 1.06 bits per heavy atom. The van der Waals surface area contributed by atoms with Crippen LogP contribution in [0.5, 0.6) is 0 Å². The monoisotopic (exact) mass is 241 g/mol. The number of aromatic nitrogens is 1. The van der Waals surface area contributed by atoms with Crippen molar-refractivity contribution in [1.29, 1.82) is 0 Å². The predicted octanol–water partition coefficient (Wildman–Crippen LogP) is 4.08. The molecule has 1 aromatic heterocycles. The van der Waals surface area contributed by atoms with Crippen LogP contribution in [-0.4, -0.2) is 18.0 Å². The average molecular weight is 241 g/mol. The van der Waals surface area contributed by atoms with E-state index in [1.54, 1.807) is 0 Å². The van der Waals surface area contributed by atoms with Crippen molar-refractivity contribution in [3.8, 4) is 0 Å². The van der Waals surface area contributed by atoms with Crippen LogP contribution in [0.4, 0.5) is 11.6 Å². The second-order valence-electron chi connectivity index (χ2n) is 4.77. The molecule has 18 heavy (non-hydrogen) atoms. The van der Waals surface area contributed by atoms with Gasteiger partial charge in [0.25, 0.3) is 0 Å². The molecule has 0 atom stereocenters. The maximum absolute atomic E-state index is 4.16. The van der Waals surface area contributed by atoms with Crippen LogP contribution in [0, 0.1) is 27.7 Å². The number of hydrogen-bond donors (Lipinski definition) is 0. The Hall–Kier alpha value is -1.90. The summed E-state index contributed by atoms with van der Waals surface area (Å²) in [6.07, 6.45) is 0. The number of rotatable bonds is 2. The van der Waals surface area contributed by atoms with Crippen LogP contribution in [-0.2, 0) is 7.05 Å². The summed E-state index contributed by atoms with van der Waals surface area (Å²) in [4.78, 5) is 8.33. The van der Waals surface area contributed by atoms with Gasteiger partial charge in [0, 0.05) is 17.8 Å². The van der Waals surface area contributed by atoms with Crippen LogP contribution in [0.3, 0.4) is 0 Å². The van der Waals surface area contributed by atoms with Gasteiger partial charge >= 0.3 is 0 Å². The lowest BCUT2D eigenvalue weighted by molar-refractivity contribution is 0.931. The third-order valence-electron chi connectivity index (χ3n) is 4.07. The van der Waals surface area contributed by atoms with Crippen molar-refractivity contribution in [2.24, 2.45) is 17.0 Å². The molecular weight excluding hydrogens is 222 g/mol. The molecule has 0 aliphatic carbocycles. The third kappa shape index (κ3) is 1.37. The van der Waals surface area contributed by atoms with E-state index < -0.39 is 0 Å². The zero-order chi connectivity index (χ0) is 13.6. The van der Waals surface area contributed by atoms with Gasteiger partial charge in [-0.2, -0.15) is 0 Å². The lowest BCUT2D eigenvalue weighted by atomic mass is 9.93. The van der Waals surface area contributed by atoms with Gasteiger partial charge in [0.2, 0.25) is 0 Å². The van der Waals surface area contributed by atoms with Crippen LogP contribution in [0.2, 0.25) is 0 Å². The van der Waals surface area contributed by atoms with Crippen molar-refractivity contribution in [3.05, 3.63) is 22.3 Å². The fraction of sp³-hybridized carbons (Fsp3) is 0.333. The Bertz CT molecular complexity index is 618. The van der Waals surface area contributed by atoms with Crippen LogP contribution in [0.25, 0.3) is 10.8 Å². The number of nitrogens with zero attached hydrogens (tertiary/aromatic N) is 3. The molecule has 0 saturated heterocycles. The summed E-state index contributed by atoms with van der Waals surface area (Å²) >= 11 is 0. The van der Waals surface area contributed by atoms with E-state index in [2.05, 4.69) is 51.1 Å². The SMILES string of the molecule is C=Nc1c2c(C)c(C)c(C)c(C)c2c(N=C)n1C. The van der Waals surface area contributed by atoms with Crippen molar-refractivity contribution >= 4 is 35.8 Å². The molecule has 0 aliphatic rings. The van der Waals surface area contributed by atoms with Gasteiger partial charge in [-0.25, -0.2) is 9.98 Å². The topological polar surface area (TPSA) is 29.6 Å². The average Bonchev–Trinajstić information content (AvgIpc) is 2.65. The predicted molar refractivity (Wildman–Crippen MR) is 80.3 cm³/mol. The van der Waals surface area contributed by atoms with Crippen LogP contribution in [0.1, 0.15) is 22.3 Å². The molecule has 1 heterocycles. The Morgan fingerprint density at radius 1 is 0.722 bits per heavy atom. The lowest BCUT2D eigenvalue weighted by Gasteiger charge is -2.11. The van der Waals surface area contributed by atoms with E-state index >= 15 is 0 Å². The smallest absolute Gasteiger partial charge is 0.141 e. The summed E-state index contributed by atoms with van der Waals surface area (Å²) < 4.78 is 1.96. The van der Waals surface area contributed by atoms with Crippen LogP contribution in [0.15, 0.2) is 9.98 Å². The molecule has 3 heteroatoms. The summed E-state index contributed by atoms with van der Waals surface area (Å²) in [5.74, 6) is 1.74. The highest BCUT2D eigenvalue weighted by Gasteiger charge is 2.19. The summed E-state index contributed by atoms with van der Waals surface area (Å²) in [5.41, 5.74) is 5.12. The molecule has 3 nitrogen and oxygen atoms in total. The lowest BCUT2D eigenvalue weighted by Crippen LogP contribution is -1.92. The van der Waals surface area contributed by atoms with E-state index in [9.17, 15) is 0 Å². The van der Waals surface area contributed by atoms with E-state index in [1.165, 1.54) is 22.3 Å². The number of aliphatic imine (C=N–C) groups is 2. The summed E-state index contributed by atoms with van der Waals surface area (Å²) in [6.45, 7) is 15.9. The Balaban J connectivity index is 3.20. The van der Waals surface area contributed by atoms with Crippen molar-refractivity contribution < 1.29 is 0 Å². The van der Waals surface area contributed by atoms with E-state index in [0.717, 1.165) is 22.4 Å². The maximum atomic E-state index is 4.16. The normalized spacial score (nSPS) is 10.9. The van der Waals surface area contributed by atoms with Crippen molar-refractivity contribution in [1.82, 2.24) is 4.57 Å². The van der Waals surface area contributed by atoms with Gasteiger partial charge in [-0.1, -0.05) is 0 Å². The molecule has 94 valence electrons. The van der Waals surface area contributed by atoms with Crippen molar-refractivity contribution in [3.63, 3.8) is 0 Å². The Morgan fingerprint density at radius 3 is 1.33 bits per heavy atom. The van der Waals surface area contributed by atoms with Crippen molar-refractivity contribution in [2.45, 2.75) is 27.7 Å². The third-order valence-corrected chi connectivity index (χ3v) is 4.07. The molecule has 2 rings (SSSR count). The first-order valence-corrected chi connectivity index (χ1v) is 5.97. The molecule has 0 fully saturated rings. The summed E-state index contributed by atoms with van der Waals surface area (Å²) in [5, 5.41) is 2.30. The van der Waals surface area contributed by atoms with E-state index in [0.29, 0.717) is 0 Å². The molecule has 0 bridgehead atoms. The molecule has 0 unspecified atom stereocenters. The zero-order valence-electron chi connectivity index (χ0n) is 11.8. The van der Waals surface area contributed by atoms with Gasteiger partial charge in [-0.3, -0.25) is 0 Å². The number of fused-ring (bicyclic) bond motifs is 1. The first-order chi connectivity index (χ1) is 8.45. The molecule has 0 aliphatic heterocycles. The Kier molecular flexibility index (Phi) is 2.85. The highest BCUT2D eigenvalue weighted by atomic mass is 15.1. The minimum atomic E-state index is 0.871. The van der Waals surface area contributed by atoms with Crippen molar-refractivity contribution in [2.75, 3.05) is 0 Å². The first kappa shape index (κ1) is 12.6. The molecular formula is C15H19N3. The fourth-order valence-corrected chi connectivity index (χ4v) is 2.68. The minimum Gasteiger partial charge on any atom is -0.313 e. The summed E-state index contributed by atoms with van der Waals surface area (Å²) in [6, 6.07) is 0. The highest BCUT2D eigenvalue weighted by molar-refractivity contribution is 6.06. The van der Waals surface area contributed by atoms with Gasteiger partial charge in [0.05, 0.1) is 0 Å². The molecule has 0 spiro atoms. The molecule has 0 amide bonds. The van der Waals surface area contributed by atoms with Gasteiger partial charge in [0.1, 0.15) is 11.6 Å². The molecule has 1 aromatic carbocycles. The maximum Gasteiger partial charge on any atom is 0.141 e. The van der Waals surface area contributed by atoms with Gasteiger partial charge in [0.15, 0.2) is 0 Å². The van der Waals surface area contributed by atoms with Gasteiger partial charge in [-0.15, -0.1) is 0 Å². The van der Waals surface area contributed by atoms with E-state index in [-0.39, 0.29) is 0 Å². The minimum absolute atomic E-state index is 0.871. The van der Waals surface area contributed by atoms with Crippen LogP contribution < -0.4 is 0 Å². The summed E-state index contributed by atoms with van der Waals surface area (Å²) in [7, 11) is 1.96. The second kappa shape index (κ2) is 4.09. The number of aryl methyl sites for hydroxylation is 2. The molecule has 0 N–H and O–H groups in total. The fourth-order valence-electron chi connectivity index (χ4n) is 2.68. The highest BCUT2D eigenvalue weighted by Crippen LogP contribution is 2.42. The standard InChI is InChI=1S/C15H19N3/c1-8-9(2)11(4)13-12(10(8)3)14(16-5)18(7)15(13)17-6/h5-6H2,1-4,7H3. The van der Waals surface area contributed by atoms with Gasteiger partial charge < -0.3 is 4.57 Å². The number of benzene rings is 1. The van der Waals surface area contributed by atoms with E-state index in [4.69, 9.17) is 0 Å². The first-order valence-electron chi connectivity index (χ1n) is 5.97. The Labute approximate surface area is 108 Å².